The summed E-state index contributed by atoms with van der Waals surface area (Å²) in [6, 6.07) is 8.00. The third kappa shape index (κ3) is 3.00. The molecule has 0 spiro atoms. The van der Waals surface area contributed by atoms with E-state index in [1.54, 1.807) is 24.3 Å². The Morgan fingerprint density at radius 3 is 2.39 bits per heavy atom. The summed E-state index contributed by atoms with van der Waals surface area (Å²) in [6.07, 6.45) is 0. The lowest BCUT2D eigenvalue weighted by Crippen LogP contribution is -2.11. The van der Waals surface area contributed by atoms with Gasteiger partial charge in [-0.25, -0.2) is 8.42 Å². The van der Waals surface area contributed by atoms with E-state index in [9.17, 15) is 8.42 Å². The van der Waals surface area contributed by atoms with Gasteiger partial charge in [0.1, 0.15) is 4.21 Å². The van der Waals surface area contributed by atoms with E-state index in [-0.39, 0.29) is 4.21 Å². The van der Waals surface area contributed by atoms with Gasteiger partial charge in [-0.2, -0.15) is 0 Å². The van der Waals surface area contributed by atoms with E-state index in [2.05, 4.69) is 20.7 Å². The molecule has 0 aliphatic rings. The van der Waals surface area contributed by atoms with Crippen LogP contribution in [0.15, 0.2) is 38.3 Å². The standard InChI is InChI=1S/C10H6BrCl2NO2S2/c11-10-7(13)5-9(17-10)18(15,16)14-8-4-2-1-3-6(8)12/h1-5,14H. The second-order valence-electron chi connectivity index (χ2n) is 3.27. The van der Waals surface area contributed by atoms with E-state index in [1.807, 2.05) is 0 Å². The van der Waals surface area contributed by atoms with Crippen LogP contribution in [0.5, 0.6) is 0 Å². The summed E-state index contributed by atoms with van der Waals surface area (Å²) in [5.41, 5.74) is 0.333. The van der Waals surface area contributed by atoms with Crippen LogP contribution in [0.4, 0.5) is 5.69 Å². The first-order valence-electron chi connectivity index (χ1n) is 4.62. The van der Waals surface area contributed by atoms with Crippen molar-refractivity contribution in [1.29, 1.82) is 0 Å². The van der Waals surface area contributed by atoms with E-state index < -0.39 is 10.0 Å². The van der Waals surface area contributed by atoms with Crippen LogP contribution in [0.25, 0.3) is 0 Å². The van der Waals surface area contributed by atoms with Crippen molar-refractivity contribution in [3.8, 4) is 0 Å². The zero-order chi connectivity index (χ0) is 13.3. The first-order chi connectivity index (χ1) is 8.40. The molecular weight excluding hydrogens is 381 g/mol. The van der Waals surface area contributed by atoms with Crippen molar-refractivity contribution in [2.75, 3.05) is 4.72 Å². The Hall–Kier alpha value is -0.270. The van der Waals surface area contributed by atoms with Gasteiger partial charge >= 0.3 is 0 Å². The molecule has 0 fully saturated rings. The van der Waals surface area contributed by atoms with Crippen molar-refractivity contribution < 1.29 is 8.42 Å². The summed E-state index contributed by atoms with van der Waals surface area (Å²) in [5, 5.41) is 0.697. The van der Waals surface area contributed by atoms with Gasteiger partial charge in [-0.15, -0.1) is 11.3 Å². The Morgan fingerprint density at radius 2 is 1.83 bits per heavy atom. The summed E-state index contributed by atoms with van der Waals surface area (Å²) in [4.78, 5) is 0. The first kappa shape index (κ1) is 14.1. The number of hydrogen-bond acceptors (Lipinski definition) is 3. The number of benzene rings is 1. The number of sulfonamides is 1. The van der Waals surface area contributed by atoms with Crippen molar-refractivity contribution in [3.05, 3.63) is 44.2 Å². The predicted octanol–water partition coefficient (Wildman–Crippen LogP) is 4.62. The predicted molar refractivity (Wildman–Crippen MR) is 79.3 cm³/mol. The molecule has 1 aromatic heterocycles. The average molecular weight is 387 g/mol. The molecule has 0 aliphatic heterocycles. The quantitative estimate of drug-likeness (QED) is 0.836. The van der Waals surface area contributed by atoms with Crippen LogP contribution < -0.4 is 4.72 Å². The zero-order valence-electron chi connectivity index (χ0n) is 8.65. The lowest BCUT2D eigenvalue weighted by Gasteiger charge is -2.07. The molecule has 8 heteroatoms. The lowest BCUT2D eigenvalue weighted by molar-refractivity contribution is 0.603. The van der Waals surface area contributed by atoms with Crippen LogP contribution in [0.3, 0.4) is 0 Å². The Bertz CT molecular complexity index is 665. The largest absolute Gasteiger partial charge is 0.277 e. The molecule has 18 heavy (non-hydrogen) atoms. The van der Waals surface area contributed by atoms with Crippen molar-refractivity contribution in [1.82, 2.24) is 0 Å². The summed E-state index contributed by atoms with van der Waals surface area (Å²) < 4.78 is 27.3. The minimum absolute atomic E-state index is 0.124. The van der Waals surface area contributed by atoms with Crippen LogP contribution in [0.1, 0.15) is 0 Å². The molecule has 2 aromatic rings. The molecule has 0 atom stereocenters. The maximum atomic E-state index is 12.1. The number of hydrogen-bond donors (Lipinski definition) is 1. The molecule has 96 valence electrons. The monoisotopic (exact) mass is 385 g/mol. The fraction of sp³-hybridized carbons (Fsp3) is 0. The van der Waals surface area contributed by atoms with Gasteiger partial charge in [0, 0.05) is 0 Å². The van der Waals surface area contributed by atoms with Gasteiger partial charge in [0.25, 0.3) is 10.0 Å². The van der Waals surface area contributed by atoms with Gasteiger partial charge in [-0.3, -0.25) is 4.72 Å². The fourth-order valence-corrected chi connectivity index (χ4v) is 4.92. The average Bonchev–Trinajstić information content (AvgIpc) is 2.63. The highest BCUT2D eigenvalue weighted by Crippen LogP contribution is 2.35. The van der Waals surface area contributed by atoms with Gasteiger partial charge in [0.05, 0.1) is 19.5 Å². The Morgan fingerprint density at radius 1 is 1.17 bits per heavy atom. The van der Waals surface area contributed by atoms with E-state index in [4.69, 9.17) is 23.2 Å². The highest BCUT2D eigenvalue weighted by atomic mass is 79.9. The Balaban J connectivity index is 2.36. The van der Waals surface area contributed by atoms with Gasteiger partial charge in [-0.05, 0) is 34.1 Å². The van der Waals surface area contributed by atoms with Crippen LogP contribution in [0.2, 0.25) is 10.0 Å². The maximum Gasteiger partial charge on any atom is 0.271 e. The molecule has 0 bridgehead atoms. The van der Waals surface area contributed by atoms with Crippen LogP contribution in [-0.4, -0.2) is 8.42 Å². The SMILES string of the molecule is O=S(=O)(Nc1ccccc1Cl)c1cc(Cl)c(Br)s1. The highest BCUT2D eigenvalue weighted by Gasteiger charge is 2.19. The number of thiophene rings is 1. The second kappa shape index (κ2) is 5.38. The maximum absolute atomic E-state index is 12.1. The molecule has 0 unspecified atom stereocenters. The zero-order valence-corrected chi connectivity index (χ0v) is 13.4. The number of anilines is 1. The second-order valence-corrected chi connectivity index (χ2v) is 8.37. The summed E-state index contributed by atoms with van der Waals surface area (Å²) in [7, 11) is -3.67. The number of rotatable bonds is 3. The minimum Gasteiger partial charge on any atom is -0.277 e. The van der Waals surface area contributed by atoms with Gasteiger partial charge in [0.2, 0.25) is 0 Å². The van der Waals surface area contributed by atoms with E-state index >= 15 is 0 Å². The van der Waals surface area contributed by atoms with E-state index in [0.29, 0.717) is 19.5 Å². The number of halogens is 3. The molecule has 1 heterocycles. The minimum atomic E-state index is -3.67. The van der Waals surface area contributed by atoms with Crippen LogP contribution in [0, 0.1) is 0 Å². The van der Waals surface area contributed by atoms with Gasteiger partial charge in [0.15, 0.2) is 0 Å². The van der Waals surface area contributed by atoms with Crippen molar-refractivity contribution in [2.24, 2.45) is 0 Å². The van der Waals surface area contributed by atoms with Crippen molar-refractivity contribution >= 4 is 66.2 Å². The topological polar surface area (TPSA) is 46.2 Å². The van der Waals surface area contributed by atoms with E-state index in [1.165, 1.54) is 6.07 Å². The first-order valence-corrected chi connectivity index (χ1v) is 8.47. The summed E-state index contributed by atoms with van der Waals surface area (Å²) in [6.45, 7) is 0. The molecule has 1 N–H and O–H groups in total. The molecule has 0 radical (unpaired) electrons. The number of nitrogens with one attached hydrogen (secondary N) is 1. The van der Waals surface area contributed by atoms with Crippen molar-refractivity contribution in [2.45, 2.75) is 4.21 Å². The number of para-hydroxylation sites is 1. The molecule has 2 rings (SSSR count). The summed E-state index contributed by atoms with van der Waals surface area (Å²) in [5.74, 6) is 0. The third-order valence-corrected chi connectivity index (χ3v) is 6.65. The molecule has 0 amide bonds. The molecule has 3 nitrogen and oxygen atoms in total. The Labute approximate surface area is 127 Å². The van der Waals surface area contributed by atoms with Gasteiger partial charge in [-0.1, -0.05) is 35.3 Å². The molecule has 0 saturated heterocycles. The van der Waals surface area contributed by atoms with Crippen LogP contribution in [-0.2, 0) is 10.0 Å². The third-order valence-electron chi connectivity index (χ3n) is 2.01. The van der Waals surface area contributed by atoms with E-state index in [0.717, 1.165) is 11.3 Å². The summed E-state index contributed by atoms with van der Waals surface area (Å²) >= 11 is 15.9. The lowest BCUT2D eigenvalue weighted by atomic mass is 10.3. The van der Waals surface area contributed by atoms with Gasteiger partial charge < -0.3 is 0 Å². The highest BCUT2D eigenvalue weighted by molar-refractivity contribution is 9.11. The fourth-order valence-electron chi connectivity index (χ4n) is 1.20. The van der Waals surface area contributed by atoms with Crippen LogP contribution >= 0.6 is 50.5 Å². The molecule has 0 saturated carbocycles. The molecule has 1 aromatic carbocycles. The smallest absolute Gasteiger partial charge is 0.271 e. The molecular formula is C10H6BrCl2NO2S2. The van der Waals surface area contributed by atoms with Crippen molar-refractivity contribution in [3.63, 3.8) is 0 Å². The Kier molecular flexibility index (Phi) is 4.23. The normalized spacial score (nSPS) is 11.5. The molecule has 0 aliphatic carbocycles.